The molecule has 5 aromatic carbocycles. The van der Waals surface area contributed by atoms with Crippen LogP contribution >= 0.6 is 0 Å². The van der Waals surface area contributed by atoms with Crippen molar-refractivity contribution in [3.63, 3.8) is 0 Å². The molecule has 0 amide bonds. The first-order valence-corrected chi connectivity index (χ1v) is 14.0. The van der Waals surface area contributed by atoms with Gasteiger partial charge in [0.15, 0.2) is 6.17 Å². The SMILES string of the molecule is C/C=C\c1cccc(/C(N)=C/C=C(\C)C2=NC(c3ccc4ccccc4c3)N2Cc2ccc3ccccc3c2)c1N. The van der Waals surface area contributed by atoms with Crippen LogP contribution in [-0.4, -0.2) is 10.7 Å². The molecule has 41 heavy (non-hydrogen) atoms. The second-order valence-corrected chi connectivity index (χ2v) is 10.5. The molecule has 5 aromatic rings. The maximum atomic E-state index is 6.51. The predicted octanol–water partition coefficient (Wildman–Crippen LogP) is 8.47. The Morgan fingerprint density at radius 3 is 2.22 bits per heavy atom. The number of hydrogen-bond acceptors (Lipinski definition) is 4. The van der Waals surface area contributed by atoms with E-state index in [9.17, 15) is 0 Å². The number of nitrogen functional groups attached to an aromatic ring is 1. The lowest BCUT2D eigenvalue weighted by atomic mass is 10.00. The molecule has 6 rings (SSSR count). The van der Waals surface area contributed by atoms with Crippen LogP contribution in [0.1, 0.15) is 42.3 Å². The zero-order valence-corrected chi connectivity index (χ0v) is 23.5. The highest BCUT2D eigenvalue weighted by Gasteiger charge is 2.33. The highest BCUT2D eigenvalue weighted by Crippen LogP contribution is 2.36. The fraction of sp³-hybridized carbons (Fsp3) is 0.108. The number of nitrogens with zero attached hydrogens (tertiary/aromatic N) is 2. The average molecular weight is 535 g/mol. The quantitative estimate of drug-likeness (QED) is 0.163. The van der Waals surface area contributed by atoms with E-state index >= 15 is 0 Å². The van der Waals surface area contributed by atoms with Crippen LogP contribution in [0.2, 0.25) is 0 Å². The second-order valence-electron chi connectivity index (χ2n) is 10.5. The molecular formula is C37H34N4. The van der Waals surface area contributed by atoms with Gasteiger partial charge in [0.2, 0.25) is 0 Å². The van der Waals surface area contributed by atoms with E-state index < -0.39 is 0 Å². The number of hydrogen-bond donors (Lipinski definition) is 2. The predicted molar refractivity (Wildman–Crippen MR) is 175 cm³/mol. The lowest BCUT2D eigenvalue weighted by Crippen LogP contribution is -2.42. The maximum absolute atomic E-state index is 6.51. The van der Waals surface area contributed by atoms with E-state index in [2.05, 4.69) is 96.8 Å². The summed E-state index contributed by atoms with van der Waals surface area (Å²) in [6.07, 6.45) is 7.89. The van der Waals surface area contributed by atoms with Gasteiger partial charge in [0.25, 0.3) is 0 Å². The minimum absolute atomic E-state index is 0.0566. The smallest absolute Gasteiger partial charge is 0.150 e. The van der Waals surface area contributed by atoms with E-state index in [0.29, 0.717) is 11.4 Å². The molecule has 4 heteroatoms. The summed E-state index contributed by atoms with van der Waals surface area (Å²) in [6, 6.07) is 36.2. The van der Waals surface area contributed by atoms with Gasteiger partial charge in [-0.25, -0.2) is 4.99 Å². The van der Waals surface area contributed by atoms with Crippen molar-refractivity contribution in [2.45, 2.75) is 26.6 Å². The third-order valence-electron chi connectivity index (χ3n) is 7.71. The number of rotatable bonds is 7. The fourth-order valence-corrected chi connectivity index (χ4v) is 5.50. The Labute approximate surface area is 241 Å². The number of allylic oxidation sites excluding steroid dienone is 3. The van der Waals surface area contributed by atoms with Gasteiger partial charge in [-0.15, -0.1) is 0 Å². The van der Waals surface area contributed by atoms with E-state index in [-0.39, 0.29) is 6.17 Å². The standard InChI is InChI=1S/C37H34N4/c1-3-9-29-14-8-15-33(35(29)39)34(38)21-16-25(2)36-40-37(32-20-19-28-11-5-7-13-31(28)23-32)41(36)24-26-17-18-27-10-4-6-12-30(27)22-26/h3-23,37H,24,38-39H2,1-2H3/b9-3-,25-16+,34-21-. The minimum Gasteiger partial charge on any atom is -0.398 e. The minimum atomic E-state index is -0.0566. The van der Waals surface area contributed by atoms with Crippen molar-refractivity contribution in [1.29, 1.82) is 0 Å². The van der Waals surface area contributed by atoms with E-state index in [4.69, 9.17) is 16.5 Å². The Kier molecular flexibility index (Phi) is 7.13. The summed E-state index contributed by atoms with van der Waals surface area (Å²) in [7, 11) is 0. The van der Waals surface area contributed by atoms with Gasteiger partial charge >= 0.3 is 0 Å². The van der Waals surface area contributed by atoms with Crippen molar-refractivity contribution in [1.82, 2.24) is 4.90 Å². The molecule has 202 valence electrons. The second kappa shape index (κ2) is 11.2. The van der Waals surface area contributed by atoms with E-state index in [1.165, 1.54) is 32.7 Å². The molecule has 1 heterocycles. The summed E-state index contributed by atoms with van der Waals surface area (Å²) in [4.78, 5) is 7.50. The van der Waals surface area contributed by atoms with E-state index in [1.54, 1.807) is 0 Å². The number of fused-ring (bicyclic) bond motifs is 2. The van der Waals surface area contributed by atoms with Crippen molar-refractivity contribution in [3.8, 4) is 0 Å². The van der Waals surface area contributed by atoms with E-state index in [1.807, 2.05) is 49.4 Å². The van der Waals surface area contributed by atoms with Crippen LogP contribution in [0.15, 0.2) is 132 Å². The number of amidine groups is 1. The Bertz CT molecular complexity index is 1880. The summed E-state index contributed by atoms with van der Waals surface area (Å²) < 4.78 is 0. The molecule has 1 aliphatic rings. The van der Waals surface area contributed by atoms with Gasteiger partial charge in [-0.2, -0.15) is 0 Å². The van der Waals surface area contributed by atoms with Crippen molar-refractivity contribution in [3.05, 3.63) is 149 Å². The van der Waals surface area contributed by atoms with Gasteiger partial charge in [0.05, 0.1) is 0 Å². The molecule has 1 atom stereocenters. The van der Waals surface area contributed by atoms with Crippen LogP contribution in [-0.2, 0) is 6.54 Å². The van der Waals surface area contributed by atoms with Gasteiger partial charge in [0.1, 0.15) is 5.84 Å². The van der Waals surface area contributed by atoms with Crippen molar-refractivity contribution < 1.29 is 0 Å². The van der Waals surface area contributed by atoms with Crippen LogP contribution < -0.4 is 11.5 Å². The van der Waals surface area contributed by atoms with Crippen LogP contribution in [0.5, 0.6) is 0 Å². The number of para-hydroxylation sites is 1. The first kappa shape index (κ1) is 26.1. The van der Waals surface area contributed by atoms with Crippen LogP contribution in [0.25, 0.3) is 33.3 Å². The lowest BCUT2D eigenvalue weighted by molar-refractivity contribution is 0.267. The number of benzene rings is 5. The first-order chi connectivity index (χ1) is 20.0. The number of aliphatic imine (C=N–C) groups is 1. The average Bonchev–Trinajstić information content (AvgIpc) is 2.99. The summed E-state index contributed by atoms with van der Waals surface area (Å²) in [5.74, 6) is 0.969. The lowest BCUT2D eigenvalue weighted by Gasteiger charge is -2.41. The molecular weight excluding hydrogens is 500 g/mol. The summed E-state index contributed by atoms with van der Waals surface area (Å²) in [5, 5.41) is 4.94. The number of anilines is 1. The van der Waals surface area contributed by atoms with E-state index in [0.717, 1.165) is 29.1 Å². The Balaban J connectivity index is 1.34. The Hall–Kier alpha value is -5.09. The molecule has 0 saturated carbocycles. The van der Waals surface area contributed by atoms with Crippen LogP contribution in [0, 0.1) is 0 Å². The third kappa shape index (κ3) is 5.24. The molecule has 1 unspecified atom stereocenters. The first-order valence-electron chi connectivity index (χ1n) is 14.0. The Morgan fingerprint density at radius 1 is 0.805 bits per heavy atom. The molecule has 0 aromatic heterocycles. The molecule has 4 N–H and O–H groups in total. The van der Waals surface area contributed by atoms with Crippen molar-refractivity contribution in [2.24, 2.45) is 10.7 Å². The highest BCUT2D eigenvalue weighted by atomic mass is 15.4. The monoisotopic (exact) mass is 534 g/mol. The molecule has 0 spiro atoms. The van der Waals surface area contributed by atoms with Crippen molar-refractivity contribution in [2.75, 3.05) is 5.73 Å². The molecule has 0 bridgehead atoms. The number of nitrogens with two attached hydrogens (primary N) is 2. The zero-order valence-electron chi connectivity index (χ0n) is 23.5. The van der Waals surface area contributed by atoms with Crippen LogP contribution in [0.3, 0.4) is 0 Å². The highest BCUT2D eigenvalue weighted by molar-refractivity contribution is 6.02. The van der Waals surface area contributed by atoms with Gasteiger partial charge in [-0.05, 0) is 75.9 Å². The third-order valence-corrected chi connectivity index (χ3v) is 7.71. The molecule has 0 radical (unpaired) electrons. The normalized spacial score (nSPS) is 15.9. The van der Waals surface area contributed by atoms with Gasteiger partial charge in [0, 0.05) is 23.5 Å². The molecule has 1 aliphatic heterocycles. The fourth-order valence-electron chi connectivity index (χ4n) is 5.50. The molecule has 0 aliphatic carbocycles. The summed E-state index contributed by atoms with van der Waals surface area (Å²) in [6.45, 7) is 4.82. The topological polar surface area (TPSA) is 67.6 Å². The largest absolute Gasteiger partial charge is 0.398 e. The van der Waals surface area contributed by atoms with Crippen LogP contribution in [0.4, 0.5) is 5.69 Å². The summed E-state index contributed by atoms with van der Waals surface area (Å²) >= 11 is 0. The van der Waals surface area contributed by atoms with Gasteiger partial charge < -0.3 is 16.4 Å². The Morgan fingerprint density at radius 2 is 1.49 bits per heavy atom. The molecule has 4 nitrogen and oxygen atoms in total. The zero-order chi connectivity index (χ0) is 28.3. The van der Waals surface area contributed by atoms with Gasteiger partial charge in [-0.3, -0.25) is 0 Å². The maximum Gasteiger partial charge on any atom is 0.150 e. The molecule has 0 fully saturated rings. The molecule has 0 saturated heterocycles. The van der Waals surface area contributed by atoms with Gasteiger partial charge in [-0.1, -0.05) is 109 Å². The summed E-state index contributed by atoms with van der Waals surface area (Å²) in [5.41, 5.74) is 19.5. The van der Waals surface area contributed by atoms with Crippen molar-refractivity contribution >= 4 is 44.8 Å².